The van der Waals surface area contributed by atoms with Crippen molar-refractivity contribution in [1.82, 2.24) is 0 Å². The topological polar surface area (TPSA) is 37.3 Å². The van der Waals surface area contributed by atoms with Gasteiger partial charge in [0, 0.05) is 0 Å². The van der Waals surface area contributed by atoms with Crippen LogP contribution < -0.4 is 0 Å². The molecular formula is C24H28O2. The minimum absolute atomic E-state index is 0.231. The molecule has 0 amide bonds. The van der Waals surface area contributed by atoms with Crippen molar-refractivity contribution in [2.75, 3.05) is 0 Å². The Balaban J connectivity index is 1.64. The zero-order chi connectivity index (χ0) is 18.5. The Morgan fingerprint density at radius 3 is 1.58 bits per heavy atom. The predicted molar refractivity (Wildman–Crippen MR) is 110 cm³/mol. The van der Waals surface area contributed by atoms with Crippen LogP contribution in [-0.4, -0.2) is 11.1 Å². The second kappa shape index (κ2) is 11.9. The van der Waals surface area contributed by atoms with Gasteiger partial charge in [0.05, 0.1) is 5.92 Å². The molecule has 2 rings (SSSR count). The molecule has 0 aliphatic carbocycles. The summed E-state index contributed by atoms with van der Waals surface area (Å²) in [6.07, 6.45) is 13.6. The molecule has 2 aromatic carbocycles. The third-order valence-corrected chi connectivity index (χ3v) is 4.42. The van der Waals surface area contributed by atoms with E-state index in [9.17, 15) is 9.90 Å². The van der Waals surface area contributed by atoms with Crippen LogP contribution in [0, 0.1) is 5.92 Å². The molecule has 26 heavy (non-hydrogen) atoms. The summed E-state index contributed by atoms with van der Waals surface area (Å²) in [7, 11) is 0. The molecule has 0 aliphatic rings. The van der Waals surface area contributed by atoms with Crippen LogP contribution in [0.2, 0.25) is 0 Å². The van der Waals surface area contributed by atoms with Crippen LogP contribution in [-0.2, 0) is 4.79 Å². The Bertz CT molecular complexity index is 631. The van der Waals surface area contributed by atoms with Crippen molar-refractivity contribution in [3.63, 3.8) is 0 Å². The quantitative estimate of drug-likeness (QED) is 0.473. The van der Waals surface area contributed by atoms with E-state index in [1.165, 1.54) is 11.1 Å². The summed E-state index contributed by atoms with van der Waals surface area (Å²) in [6.45, 7) is 0. The van der Waals surface area contributed by atoms with Crippen LogP contribution in [0.5, 0.6) is 0 Å². The fraction of sp³-hybridized carbons (Fsp3) is 0.292. The molecule has 0 radical (unpaired) electrons. The Kier molecular flexibility index (Phi) is 8.99. The number of rotatable bonds is 11. The summed E-state index contributed by atoms with van der Waals surface area (Å²) in [5, 5.41) is 9.41. The standard InChI is InChI=1S/C24H28O2/c25-24(26)23(19-11-3-9-17-21-13-5-1-6-14-21)20-12-4-10-18-22-15-7-2-8-16-22/h1-2,5-10,13-18,23H,3-4,11-12,19-20H2,(H,25,26)/b17-9+,18-10+. The van der Waals surface area contributed by atoms with Gasteiger partial charge < -0.3 is 5.11 Å². The lowest BCUT2D eigenvalue weighted by molar-refractivity contribution is -0.142. The van der Waals surface area contributed by atoms with Gasteiger partial charge in [-0.3, -0.25) is 4.79 Å². The van der Waals surface area contributed by atoms with E-state index >= 15 is 0 Å². The highest BCUT2D eigenvalue weighted by molar-refractivity contribution is 5.69. The van der Waals surface area contributed by atoms with Crippen molar-refractivity contribution in [2.24, 2.45) is 5.92 Å². The van der Waals surface area contributed by atoms with Crippen LogP contribution in [0.15, 0.2) is 72.8 Å². The Labute approximate surface area is 156 Å². The third-order valence-electron chi connectivity index (χ3n) is 4.42. The Morgan fingerprint density at radius 2 is 1.19 bits per heavy atom. The molecule has 0 saturated carbocycles. The van der Waals surface area contributed by atoms with E-state index in [-0.39, 0.29) is 5.92 Å². The third kappa shape index (κ3) is 7.98. The van der Waals surface area contributed by atoms with Gasteiger partial charge in [0.1, 0.15) is 0 Å². The highest BCUT2D eigenvalue weighted by atomic mass is 16.4. The SMILES string of the molecule is O=C(O)C(CCC/C=C/c1ccccc1)CCC/C=C/c1ccccc1. The molecule has 0 heterocycles. The van der Waals surface area contributed by atoms with Crippen LogP contribution in [0.3, 0.4) is 0 Å². The van der Waals surface area contributed by atoms with E-state index in [1.54, 1.807) is 0 Å². The molecule has 0 aliphatic heterocycles. The van der Waals surface area contributed by atoms with Crippen molar-refractivity contribution in [3.05, 3.63) is 83.9 Å². The minimum atomic E-state index is -0.663. The van der Waals surface area contributed by atoms with Crippen molar-refractivity contribution >= 4 is 18.1 Å². The molecule has 0 unspecified atom stereocenters. The summed E-state index contributed by atoms with van der Waals surface area (Å²) in [5.41, 5.74) is 2.37. The maximum atomic E-state index is 11.4. The van der Waals surface area contributed by atoms with E-state index in [0.29, 0.717) is 0 Å². The smallest absolute Gasteiger partial charge is 0.306 e. The number of carbonyl (C=O) groups is 1. The number of carboxylic acid groups (broad SMARTS) is 1. The molecule has 0 spiro atoms. The summed E-state index contributed by atoms with van der Waals surface area (Å²) < 4.78 is 0. The number of benzene rings is 2. The maximum Gasteiger partial charge on any atom is 0.306 e. The van der Waals surface area contributed by atoms with E-state index < -0.39 is 5.97 Å². The van der Waals surface area contributed by atoms with E-state index in [2.05, 4.69) is 48.6 Å². The van der Waals surface area contributed by atoms with Gasteiger partial charge >= 0.3 is 5.97 Å². The number of allylic oxidation sites excluding steroid dienone is 2. The number of hydrogen-bond donors (Lipinski definition) is 1. The normalized spacial score (nSPS) is 11.6. The van der Waals surface area contributed by atoms with Gasteiger partial charge in [-0.15, -0.1) is 0 Å². The summed E-state index contributed by atoms with van der Waals surface area (Å²) in [5.74, 6) is -0.894. The number of unbranched alkanes of at least 4 members (excludes halogenated alkanes) is 2. The molecule has 0 fully saturated rings. The second-order valence-corrected chi connectivity index (χ2v) is 6.52. The molecule has 1 N–H and O–H groups in total. The first-order valence-corrected chi connectivity index (χ1v) is 9.41. The van der Waals surface area contributed by atoms with Gasteiger partial charge in [-0.2, -0.15) is 0 Å². The molecule has 0 aromatic heterocycles. The lowest BCUT2D eigenvalue weighted by atomic mass is 9.95. The van der Waals surface area contributed by atoms with E-state index in [1.807, 2.05) is 36.4 Å². The zero-order valence-corrected chi connectivity index (χ0v) is 15.3. The van der Waals surface area contributed by atoms with Crippen LogP contribution in [0.1, 0.15) is 49.7 Å². The Morgan fingerprint density at radius 1 is 0.769 bits per heavy atom. The van der Waals surface area contributed by atoms with E-state index in [4.69, 9.17) is 0 Å². The molecule has 2 aromatic rings. The van der Waals surface area contributed by atoms with Crippen molar-refractivity contribution in [3.8, 4) is 0 Å². The molecule has 0 bridgehead atoms. The van der Waals surface area contributed by atoms with Crippen molar-refractivity contribution in [1.29, 1.82) is 0 Å². The highest BCUT2D eigenvalue weighted by Crippen LogP contribution is 2.17. The predicted octanol–water partition coefficient (Wildman–Crippen LogP) is 6.45. The Hall–Kier alpha value is -2.61. The number of carboxylic acids is 1. The number of aliphatic carboxylic acids is 1. The van der Waals surface area contributed by atoms with E-state index in [0.717, 1.165) is 38.5 Å². The van der Waals surface area contributed by atoms with Gasteiger partial charge in [-0.1, -0.05) is 85.0 Å². The van der Waals surface area contributed by atoms with Crippen molar-refractivity contribution in [2.45, 2.75) is 38.5 Å². The fourth-order valence-electron chi connectivity index (χ4n) is 2.92. The number of hydrogen-bond acceptors (Lipinski definition) is 1. The van der Waals surface area contributed by atoms with Gasteiger partial charge in [-0.05, 0) is 49.7 Å². The van der Waals surface area contributed by atoms with Crippen LogP contribution >= 0.6 is 0 Å². The monoisotopic (exact) mass is 348 g/mol. The first kappa shape index (κ1) is 19.7. The molecule has 0 atom stereocenters. The summed E-state index contributed by atoms with van der Waals surface area (Å²) in [6, 6.07) is 20.4. The molecule has 2 nitrogen and oxygen atoms in total. The first-order chi connectivity index (χ1) is 12.8. The lowest BCUT2D eigenvalue weighted by Crippen LogP contribution is -2.13. The average Bonchev–Trinajstić information content (AvgIpc) is 2.67. The molecule has 136 valence electrons. The largest absolute Gasteiger partial charge is 0.481 e. The maximum absolute atomic E-state index is 11.4. The molecule has 2 heteroatoms. The van der Waals surface area contributed by atoms with Crippen LogP contribution in [0.25, 0.3) is 12.2 Å². The first-order valence-electron chi connectivity index (χ1n) is 9.41. The fourth-order valence-corrected chi connectivity index (χ4v) is 2.92. The van der Waals surface area contributed by atoms with Gasteiger partial charge in [0.15, 0.2) is 0 Å². The lowest BCUT2D eigenvalue weighted by Gasteiger charge is -2.10. The van der Waals surface area contributed by atoms with Crippen LogP contribution in [0.4, 0.5) is 0 Å². The summed E-state index contributed by atoms with van der Waals surface area (Å²) in [4.78, 5) is 11.4. The zero-order valence-electron chi connectivity index (χ0n) is 15.3. The van der Waals surface area contributed by atoms with Gasteiger partial charge in [0.25, 0.3) is 0 Å². The molecule has 0 saturated heterocycles. The average molecular weight is 348 g/mol. The highest BCUT2D eigenvalue weighted by Gasteiger charge is 2.15. The van der Waals surface area contributed by atoms with Gasteiger partial charge in [-0.25, -0.2) is 0 Å². The second-order valence-electron chi connectivity index (χ2n) is 6.52. The van der Waals surface area contributed by atoms with Crippen molar-refractivity contribution < 1.29 is 9.90 Å². The molecular weight excluding hydrogens is 320 g/mol. The van der Waals surface area contributed by atoms with Gasteiger partial charge in [0.2, 0.25) is 0 Å². The summed E-state index contributed by atoms with van der Waals surface area (Å²) >= 11 is 0. The minimum Gasteiger partial charge on any atom is -0.481 e.